The van der Waals surface area contributed by atoms with Crippen LogP contribution < -0.4 is 0 Å². The first-order chi connectivity index (χ1) is 7.86. The molecule has 78 valence electrons. The molecule has 16 heavy (non-hydrogen) atoms. The Balaban J connectivity index is 2.35. The van der Waals surface area contributed by atoms with Gasteiger partial charge in [0.25, 0.3) is 0 Å². The Labute approximate surface area is 102 Å². The van der Waals surface area contributed by atoms with E-state index >= 15 is 0 Å². The monoisotopic (exact) mass is 272 g/mol. The fraction of sp³-hybridized carbons (Fsp3) is 0. The van der Waals surface area contributed by atoms with E-state index < -0.39 is 0 Å². The maximum Gasteiger partial charge on any atom is 0.0919 e. The Kier molecular flexibility index (Phi) is 2.26. The number of hydrogen-bond acceptors (Lipinski definition) is 1. The van der Waals surface area contributed by atoms with Gasteiger partial charge < -0.3 is 4.57 Å². The average Bonchev–Trinajstić information content (AvgIpc) is 2.66. The number of pyridine rings is 1. The van der Waals surface area contributed by atoms with Crippen molar-refractivity contribution in [3.8, 4) is 5.69 Å². The highest BCUT2D eigenvalue weighted by molar-refractivity contribution is 9.10. The zero-order valence-corrected chi connectivity index (χ0v) is 10.1. The number of rotatable bonds is 1. The summed E-state index contributed by atoms with van der Waals surface area (Å²) in [5.41, 5.74) is 3.25. The van der Waals surface area contributed by atoms with Crippen LogP contribution in [0, 0.1) is 0 Å². The van der Waals surface area contributed by atoms with Gasteiger partial charge in [-0.05, 0) is 46.3 Å². The van der Waals surface area contributed by atoms with Crippen LogP contribution in [0.2, 0.25) is 0 Å². The third-order valence-corrected chi connectivity index (χ3v) is 3.12. The number of aromatic nitrogens is 2. The molecule has 0 saturated heterocycles. The van der Waals surface area contributed by atoms with Gasteiger partial charge >= 0.3 is 0 Å². The van der Waals surface area contributed by atoms with Crippen molar-refractivity contribution in [2.45, 2.75) is 0 Å². The number of halogens is 1. The van der Waals surface area contributed by atoms with Crippen molar-refractivity contribution < 1.29 is 0 Å². The Hall–Kier alpha value is -1.61. The van der Waals surface area contributed by atoms with Crippen molar-refractivity contribution >= 4 is 27.0 Å². The fourth-order valence-corrected chi connectivity index (χ4v) is 2.45. The lowest BCUT2D eigenvalue weighted by molar-refractivity contribution is 1.09. The summed E-state index contributed by atoms with van der Waals surface area (Å²) < 4.78 is 3.16. The predicted molar refractivity (Wildman–Crippen MR) is 68.8 cm³/mol. The average molecular weight is 273 g/mol. The lowest BCUT2D eigenvalue weighted by Gasteiger charge is -2.06. The lowest BCUT2D eigenvalue weighted by Crippen LogP contribution is -1.92. The van der Waals surface area contributed by atoms with Gasteiger partial charge in [0, 0.05) is 11.9 Å². The second kappa shape index (κ2) is 3.76. The van der Waals surface area contributed by atoms with Crippen LogP contribution >= 0.6 is 15.9 Å². The Morgan fingerprint density at radius 3 is 2.62 bits per heavy atom. The van der Waals surface area contributed by atoms with Gasteiger partial charge in [0.15, 0.2) is 0 Å². The summed E-state index contributed by atoms with van der Waals surface area (Å²) in [6, 6.07) is 16.3. The van der Waals surface area contributed by atoms with Crippen LogP contribution in [0.1, 0.15) is 0 Å². The van der Waals surface area contributed by atoms with Crippen LogP contribution in [0.3, 0.4) is 0 Å². The second-order valence-corrected chi connectivity index (χ2v) is 4.36. The smallest absolute Gasteiger partial charge is 0.0919 e. The predicted octanol–water partition coefficient (Wildman–Crippen LogP) is 3.79. The molecule has 0 radical (unpaired) electrons. The normalized spacial score (nSPS) is 10.8. The number of para-hydroxylation sites is 1. The third kappa shape index (κ3) is 1.44. The molecule has 0 atom stereocenters. The van der Waals surface area contributed by atoms with Gasteiger partial charge in [-0.15, -0.1) is 0 Å². The van der Waals surface area contributed by atoms with E-state index in [4.69, 9.17) is 0 Å². The molecule has 0 fully saturated rings. The van der Waals surface area contributed by atoms with Crippen LogP contribution in [-0.4, -0.2) is 9.55 Å². The first-order valence-electron chi connectivity index (χ1n) is 5.03. The van der Waals surface area contributed by atoms with Gasteiger partial charge in [-0.1, -0.05) is 18.2 Å². The standard InChI is InChI=1S/C13H9BrN2/c14-13-9-11-12(7-4-8-15-11)16(13)10-5-2-1-3-6-10/h1-9H. The van der Waals surface area contributed by atoms with Crippen LogP contribution in [0.4, 0.5) is 0 Å². The summed E-state index contributed by atoms with van der Waals surface area (Å²) in [7, 11) is 0. The van der Waals surface area contributed by atoms with Crippen molar-refractivity contribution in [2.75, 3.05) is 0 Å². The Morgan fingerprint density at radius 1 is 1.00 bits per heavy atom. The van der Waals surface area contributed by atoms with E-state index in [2.05, 4.69) is 43.7 Å². The molecule has 0 amide bonds. The second-order valence-electron chi connectivity index (χ2n) is 3.55. The summed E-state index contributed by atoms with van der Waals surface area (Å²) in [5, 5.41) is 0. The van der Waals surface area contributed by atoms with E-state index in [1.54, 1.807) is 0 Å². The molecule has 0 bridgehead atoms. The van der Waals surface area contributed by atoms with Gasteiger partial charge in [0.1, 0.15) is 0 Å². The molecule has 3 rings (SSSR count). The van der Waals surface area contributed by atoms with Crippen molar-refractivity contribution in [1.29, 1.82) is 0 Å². The quantitative estimate of drug-likeness (QED) is 0.659. The molecule has 0 N–H and O–H groups in total. The van der Waals surface area contributed by atoms with Crippen LogP contribution in [0.25, 0.3) is 16.7 Å². The van der Waals surface area contributed by atoms with E-state index in [0.29, 0.717) is 0 Å². The van der Waals surface area contributed by atoms with E-state index in [1.165, 1.54) is 0 Å². The molecule has 1 aromatic carbocycles. The summed E-state index contributed by atoms with van der Waals surface area (Å²) >= 11 is 3.57. The molecule has 3 heteroatoms. The van der Waals surface area contributed by atoms with Crippen molar-refractivity contribution in [2.24, 2.45) is 0 Å². The Morgan fingerprint density at radius 2 is 1.81 bits per heavy atom. The summed E-state index contributed by atoms with van der Waals surface area (Å²) in [6.07, 6.45) is 1.81. The fourth-order valence-electron chi connectivity index (χ4n) is 1.84. The topological polar surface area (TPSA) is 17.8 Å². The number of hydrogen-bond donors (Lipinski definition) is 0. The minimum atomic E-state index is 0.998. The highest BCUT2D eigenvalue weighted by Gasteiger charge is 2.07. The number of nitrogens with zero attached hydrogens (tertiary/aromatic N) is 2. The van der Waals surface area contributed by atoms with Crippen LogP contribution in [0.5, 0.6) is 0 Å². The third-order valence-electron chi connectivity index (χ3n) is 2.54. The zero-order chi connectivity index (χ0) is 11.0. The molecule has 0 aliphatic heterocycles. The summed E-state index contributed by atoms with van der Waals surface area (Å²) in [6.45, 7) is 0. The van der Waals surface area contributed by atoms with Gasteiger partial charge in [-0.25, -0.2) is 0 Å². The van der Waals surface area contributed by atoms with Gasteiger partial charge in [0.2, 0.25) is 0 Å². The minimum absolute atomic E-state index is 0.998. The molecular weight excluding hydrogens is 264 g/mol. The first-order valence-corrected chi connectivity index (χ1v) is 5.83. The maximum absolute atomic E-state index is 4.34. The van der Waals surface area contributed by atoms with Crippen LogP contribution in [-0.2, 0) is 0 Å². The van der Waals surface area contributed by atoms with E-state index in [0.717, 1.165) is 21.3 Å². The zero-order valence-electron chi connectivity index (χ0n) is 8.47. The van der Waals surface area contributed by atoms with Crippen molar-refractivity contribution in [1.82, 2.24) is 9.55 Å². The SMILES string of the molecule is Brc1cc2ncccc2n1-c1ccccc1. The van der Waals surface area contributed by atoms with E-state index in [9.17, 15) is 0 Å². The van der Waals surface area contributed by atoms with Gasteiger partial charge in [-0.3, -0.25) is 4.98 Å². The molecule has 0 unspecified atom stereocenters. The van der Waals surface area contributed by atoms with Crippen molar-refractivity contribution in [3.63, 3.8) is 0 Å². The Bertz CT molecular complexity index is 629. The van der Waals surface area contributed by atoms with Crippen molar-refractivity contribution in [3.05, 3.63) is 59.3 Å². The van der Waals surface area contributed by atoms with E-state index in [1.807, 2.05) is 36.5 Å². The molecule has 2 heterocycles. The summed E-state index contributed by atoms with van der Waals surface area (Å²) in [4.78, 5) is 4.34. The molecule has 0 spiro atoms. The highest BCUT2D eigenvalue weighted by atomic mass is 79.9. The molecule has 0 saturated carbocycles. The molecule has 2 aromatic heterocycles. The maximum atomic E-state index is 4.34. The molecule has 0 aliphatic carbocycles. The number of fused-ring (bicyclic) bond motifs is 1. The van der Waals surface area contributed by atoms with Gasteiger partial charge in [0.05, 0.1) is 15.6 Å². The number of benzene rings is 1. The summed E-state index contributed by atoms with van der Waals surface area (Å²) in [5.74, 6) is 0. The van der Waals surface area contributed by atoms with E-state index in [-0.39, 0.29) is 0 Å². The molecule has 3 aromatic rings. The largest absolute Gasteiger partial charge is 0.302 e. The van der Waals surface area contributed by atoms with Crippen LogP contribution in [0.15, 0.2) is 59.3 Å². The highest BCUT2D eigenvalue weighted by Crippen LogP contribution is 2.26. The van der Waals surface area contributed by atoms with Gasteiger partial charge in [-0.2, -0.15) is 0 Å². The first kappa shape index (κ1) is 9.60. The molecular formula is C13H9BrN2. The lowest BCUT2D eigenvalue weighted by atomic mass is 10.3. The molecule has 0 aliphatic rings. The molecule has 2 nitrogen and oxygen atoms in total. The minimum Gasteiger partial charge on any atom is -0.302 e.